The van der Waals surface area contributed by atoms with Crippen LogP contribution in [-0.4, -0.2) is 30.1 Å². The molecule has 0 aliphatic heterocycles. The minimum absolute atomic E-state index is 0.0385. The number of nitrogen functional groups attached to an aromatic ring is 1. The lowest BCUT2D eigenvalue weighted by Gasteiger charge is -2.05. The molecule has 0 aliphatic carbocycles. The molecular formula is C11H12N4O3S. The van der Waals surface area contributed by atoms with Gasteiger partial charge in [-0.15, -0.1) is 0 Å². The number of primary amides is 1. The highest BCUT2D eigenvalue weighted by atomic mass is 32.1. The normalized spacial score (nSPS) is 10.3. The van der Waals surface area contributed by atoms with Crippen molar-refractivity contribution in [2.75, 3.05) is 18.9 Å². The van der Waals surface area contributed by atoms with E-state index in [-0.39, 0.29) is 19.1 Å². The maximum absolute atomic E-state index is 11.8. The van der Waals surface area contributed by atoms with Gasteiger partial charge in [0.15, 0.2) is 5.13 Å². The smallest absolute Gasteiger partial charge is 0.404 e. The monoisotopic (exact) mass is 280 g/mol. The molecule has 0 radical (unpaired) electrons. The summed E-state index contributed by atoms with van der Waals surface area (Å²) < 4.78 is 5.35. The number of nitrogens with two attached hydrogens (primary N) is 2. The average Bonchev–Trinajstić information content (AvgIpc) is 2.73. The van der Waals surface area contributed by atoms with Gasteiger partial charge in [0.1, 0.15) is 6.61 Å². The van der Waals surface area contributed by atoms with Gasteiger partial charge in [0, 0.05) is 5.56 Å². The van der Waals surface area contributed by atoms with Gasteiger partial charge in [-0.05, 0) is 18.2 Å². The van der Waals surface area contributed by atoms with Crippen molar-refractivity contribution in [1.29, 1.82) is 0 Å². The molecule has 0 atom stereocenters. The van der Waals surface area contributed by atoms with Crippen LogP contribution >= 0.6 is 11.3 Å². The van der Waals surface area contributed by atoms with Crippen LogP contribution in [0.5, 0.6) is 0 Å². The third-order valence-corrected chi connectivity index (χ3v) is 3.15. The van der Waals surface area contributed by atoms with Crippen molar-refractivity contribution < 1.29 is 14.3 Å². The van der Waals surface area contributed by atoms with Crippen LogP contribution in [0, 0.1) is 0 Å². The van der Waals surface area contributed by atoms with Crippen molar-refractivity contribution in [3.8, 4) is 0 Å². The molecule has 2 amide bonds. The minimum Gasteiger partial charge on any atom is -0.448 e. The minimum atomic E-state index is -0.865. The largest absolute Gasteiger partial charge is 0.448 e. The number of amides is 2. The van der Waals surface area contributed by atoms with Gasteiger partial charge in [0.05, 0.1) is 16.8 Å². The highest BCUT2D eigenvalue weighted by Crippen LogP contribution is 2.24. The topological polar surface area (TPSA) is 120 Å². The number of aromatic nitrogens is 1. The summed E-state index contributed by atoms with van der Waals surface area (Å²) in [7, 11) is 0. The molecule has 19 heavy (non-hydrogen) atoms. The Morgan fingerprint density at radius 2 is 2.21 bits per heavy atom. The Morgan fingerprint density at radius 1 is 1.42 bits per heavy atom. The fourth-order valence-electron chi connectivity index (χ4n) is 1.50. The molecule has 1 aromatic heterocycles. The van der Waals surface area contributed by atoms with Gasteiger partial charge < -0.3 is 21.5 Å². The fourth-order valence-corrected chi connectivity index (χ4v) is 2.28. The van der Waals surface area contributed by atoms with Gasteiger partial charge in [-0.3, -0.25) is 4.79 Å². The molecule has 0 aliphatic rings. The van der Waals surface area contributed by atoms with Crippen LogP contribution in [-0.2, 0) is 4.74 Å². The Hall–Kier alpha value is -2.35. The molecule has 8 heteroatoms. The number of carbonyl (C=O) groups is 2. The number of hydrogen-bond donors (Lipinski definition) is 3. The number of carbonyl (C=O) groups excluding carboxylic acids is 2. The molecule has 0 fully saturated rings. The lowest BCUT2D eigenvalue weighted by Crippen LogP contribution is -2.28. The van der Waals surface area contributed by atoms with Crippen molar-refractivity contribution in [2.24, 2.45) is 5.73 Å². The predicted molar refractivity (Wildman–Crippen MR) is 71.9 cm³/mol. The SMILES string of the molecule is NC(=O)OCCNC(=O)c1ccc2nc(N)sc2c1. The van der Waals surface area contributed by atoms with Crippen molar-refractivity contribution >= 4 is 38.7 Å². The highest BCUT2D eigenvalue weighted by Gasteiger charge is 2.08. The zero-order valence-corrected chi connectivity index (χ0v) is 10.7. The number of nitrogens with zero attached hydrogens (tertiary/aromatic N) is 1. The summed E-state index contributed by atoms with van der Waals surface area (Å²) in [5, 5.41) is 3.07. The molecular weight excluding hydrogens is 268 g/mol. The Balaban J connectivity index is 1.98. The number of ether oxygens (including phenoxy) is 1. The van der Waals surface area contributed by atoms with Crippen LogP contribution in [0.1, 0.15) is 10.4 Å². The summed E-state index contributed by atoms with van der Waals surface area (Å²) in [4.78, 5) is 26.2. The summed E-state index contributed by atoms with van der Waals surface area (Å²) >= 11 is 1.32. The summed E-state index contributed by atoms with van der Waals surface area (Å²) in [6.07, 6.45) is -0.865. The highest BCUT2D eigenvalue weighted by molar-refractivity contribution is 7.22. The average molecular weight is 280 g/mol. The lowest BCUT2D eigenvalue weighted by molar-refractivity contribution is 0.0937. The van der Waals surface area contributed by atoms with Crippen LogP contribution in [0.25, 0.3) is 10.2 Å². The number of nitrogens with one attached hydrogen (secondary N) is 1. The van der Waals surface area contributed by atoms with Crippen LogP contribution in [0.2, 0.25) is 0 Å². The molecule has 7 nitrogen and oxygen atoms in total. The van der Waals surface area contributed by atoms with Crippen molar-refractivity contribution in [3.63, 3.8) is 0 Å². The van der Waals surface area contributed by atoms with Gasteiger partial charge in [0.2, 0.25) is 0 Å². The van der Waals surface area contributed by atoms with Crippen LogP contribution < -0.4 is 16.8 Å². The molecule has 0 unspecified atom stereocenters. The second-order valence-corrected chi connectivity index (χ2v) is 4.72. The zero-order chi connectivity index (χ0) is 13.8. The van der Waals surface area contributed by atoms with E-state index in [0.29, 0.717) is 10.7 Å². The van der Waals surface area contributed by atoms with Crippen LogP contribution in [0.15, 0.2) is 18.2 Å². The van der Waals surface area contributed by atoms with E-state index in [2.05, 4.69) is 15.0 Å². The second-order valence-electron chi connectivity index (χ2n) is 3.66. The third-order valence-electron chi connectivity index (χ3n) is 2.30. The number of fused-ring (bicyclic) bond motifs is 1. The predicted octanol–water partition coefficient (Wildman–Crippen LogP) is 0.704. The first-order valence-electron chi connectivity index (χ1n) is 5.43. The Morgan fingerprint density at radius 3 is 2.95 bits per heavy atom. The van der Waals surface area contributed by atoms with Crippen molar-refractivity contribution in [3.05, 3.63) is 23.8 Å². The first-order valence-corrected chi connectivity index (χ1v) is 6.24. The molecule has 2 aromatic rings. The summed E-state index contributed by atoms with van der Waals surface area (Å²) in [6, 6.07) is 5.11. The Kier molecular flexibility index (Phi) is 3.81. The maximum atomic E-state index is 11.8. The number of rotatable bonds is 4. The van der Waals surface area contributed by atoms with E-state index >= 15 is 0 Å². The van der Waals surface area contributed by atoms with E-state index in [9.17, 15) is 9.59 Å². The van der Waals surface area contributed by atoms with Gasteiger partial charge in [-0.25, -0.2) is 9.78 Å². The second kappa shape index (κ2) is 5.53. The van der Waals surface area contributed by atoms with Gasteiger partial charge in [-0.1, -0.05) is 11.3 Å². The first kappa shape index (κ1) is 13.1. The number of thiazole rings is 1. The van der Waals surface area contributed by atoms with Gasteiger partial charge in [-0.2, -0.15) is 0 Å². The van der Waals surface area contributed by atoms with E-state index in [4.69, 9.17) is 11.5 Å². The molecule has 1 aromatic carbocycles. The number of benzene rings is 1. The van der Waals surface area contributed by atoms with E-state index in [1.807, 2.05) is 0 Å². The van der Waals surface area contributed by atoms with Gasteiger partial charge in [0.25, 0.3) is 5.91 Å². The third kappa shape index (κ3) is 3.32. The molecule has 2 rings (SSSR count). The summed E-state index contributed by atoms with van der Waals surface area (Å²) in [5.74, 6) is -0.262. The molecule has 0 spiro atoms. The quantitative estimate of drug-likeness (QED) is 0.712. The summed E-state index contributed by atoms with van der Waals surface area (Å²) in [5.41, 5.74) is 11.6. The van der Waals surface area contributed by atoms with E-state index in [1.165, 1.54) is 11.3 Å². The fraction of sp³-hybridized carbons (Fsp3) is 0.182. The van der Waals surface area contributed by atoms with Crippen LogP contribution in [0.4, 0.5) is 9.93 Å². The standard InChI is InChI=1S/C11H12N4O3S/c12-10-15-7-2-1-6(5-8(7)19-10)9(16)14-3-4-18-11(13)17/h1-2,5H,3-4H2,(H2,12,15)(H2,13,17)(H,14,16). The zero-order valence-electron chi connectivity index (χ0n) is 9.88. The number of anilines is 1. The van der Waals surface area contributed by atoms with Crippen molar-refractivity contribution in [1.82, 2.24) is 10.3 Å². The van der Waals surface area contributed by atoms with Crippen molar-refractivity contribution in [2.45, 2.75) is 0 Å². The number of hydrogen-bond acceptors (Lipinski definition) is 6. The molecule has 5 N–H and O–H groups in total. The van der Waals surface area contributed by atoms with Gasteiger partial charge >= 0.3 is 6.09 Å². The molecule has 0 bridgehead atoms. The van der Waals surface area contributed by atoms with E-state index in [0.717, 1.165) is 10.2 Å². The molecule has 0 saturated heterocycles. The Labute approximate surface area is 112 Å². The van der Waals surface area contributed by atoms with Crippen LogP contribution in [0.3, 0.4) is 0 Å². The molecule has 100 valence electrons. The molecule has 0 saturated carbocycles. The van der Waals surface area contributed by atoms with E-state index in [1.54, 1.807) is 18.2 Å². The summed E-state index contributed by atoms with van der Waals surface area (Å²) in [6.45, 7) is 0.238. The van der Waals surface area contributed by atoms with E-state index < -0.39 is 6.09 Å². The molecule has 1 heterocycles. The Bertz CT molecular complexity index is 625. The first-order chi connectivity index (χ1) is 9.06. The maximum Gasteiger partial charge on any atom is 0.404 e. The lowest BCUT2D eigenvalue weighted by atomic mass is 10.2.